The van der Waals surface area contributed by atoms with E-state index in [1.54, 1.807) is 24.3 Å². The summed E-state index contributed by atoms with van der Waals surface area (Å²) < 4.78 is 42.2. The number of carbonyl (C=O) groups is 1. The number of benzene rings is 2. The first-order valence-corrected chi connectivity index (χ1v) is 11.5. The molecule has 182 valence electrons. The van der Waals surface area contributed by atoms with Crippen LogP contribution in [0.15, 0.2) is 61.3 Å². The predicted molar refractivity (Wildman–Crippen MR) is 128 cm³/mol. The lowest BCUT2D eigenvalue weighted by Crippen LogP contribution is -2.36. The maximum Gasteiger partial charge on any atom is 0.264 e. The zero-order valence-corrected chi connectivity index (χ0v) is 19.4. The Kier molecular flexibility index (Phi) is 7.17. The number of alkyl halides is 2. The normalized spacial score (nSPS) is 14.2. The minimum Gasteiger partial charge on any atom is -0.618 e. The summed E-state index contributed by atoms with van der Waals surface area (Å²) in [5.74, 6) is -1.63. The molecule has 0 aliphatic heterocycles. The number of aromatic nitrogens is 1. The van der Waals surface area contributed by atoms with Crippen LogP contribution in [0, 0.1) is 16.9 Å². The molecule has 4 rings (SSSR count). The van der Waals surface area contributed by atoms with E-state index < -0.39 is 29.3 Å². The van der Waals surface area contributed by atoms with Gasteiger partial charge in [0, 0.05) is 29.2 Å². The van der Waals surface area contributed by atoms with Gasteiger partial charge in [0.2, 0.25) is 5.69 Å². The second-order valence-electron chi connectivity index (χ2n) is 8.81. The van der Waals surface area contributed by atoms with Crippen molar-refractivity contribution in [3.8, 4) is 11.1 Å². The Hall–Kier alpha value is -3.32. The van der Waals surface area contributed by atoms with Gasteiger partial charge in [-0.15, -0.1) is 0 Å². The standard InChI is InChI=1S/C27H23ClF3NO3/c1-15(33)18-6-4-17(5-7-18)13-24(34)21(12-16-2-3-16)23-11-8-19(14-32(23)35)25-20(27(30)31)9-10-22(28)26(25)29/h4-11,14,16,21,27,33H,1-3,12-13H2/t21-/m1/s1. The fourth-order valence-electron chi connectivity index (χ4n) is 4.19. The molecule has 1 aliphatic rings. The summed E-state index contributed by atoms with van der Waals surface area (Å²) in [7, 11) is 0. The molecule has 8 heteroatoms. The fourth-order valence-corrected chi connectivity index (χ4v) is 4.35. The number of Topliss-reactive ketones (excluding diaryl/α,β-unsaturated/α-hetero) is 1. The average molecular weight is 502 g/mol. The second kappa shape index (κ2) is 10.1. The summed E-state index contributed by atoms with van der Waals surface area (Å²) in [5, 5.41) is 22.1. The number of rotatable bonds is 9. The van der Waals surface area contributed by atoms with E-state index in [0.717, 1.165) is 36.7 Å². The number of nitrogens with zero attached hydrogens (tertiary/aromatic N) is 1. The third-order valence-electron chi connectivity index (χ3n) is 6.27. The molecule has 0 saturated heterocycles. The van der Waals surface area contributed by atoms with Crippen LogP contribution in [0.5, 0.6) is 0 Å². The molecule has 4 nitrogen and oxygen atoms in total. The van der Waals surface area contributed by atoms with Gasteiger partial charge in [0.25, 0.3) is 6.43 Å². The summed E-state index contributed by atoms with van der Waals surface area (Å²) in [6, 6.07) is 11.6. The fraction of sp³-hybridized carbons (Fsp3) is 0.259. The zero-order valence-electron chi connectivity index (χ0n) is 18.7. The van der Waals surface area contributed by atoms with Gasteiger partial charge in [-0.3, -0.25) is 4.79 Å². The molecule has 1 heterocycles. The molecule has 2 aromatic carbocycles. The summed E-state index contributed by atoms with van der Waals surface area (Å²) in [6.07, 6.45) is 0.578. The number of pyridine rings is 1. The molecule has 35 heavy (non-hydrogen) atoms. The van der Waals surface area contributed by atoms with Crippen molar-refractivity contribution in [3.05, 3.63) is 99.7 Å². The Balaban J connectivity index is 1.65. The Morgan fingerprint density at radius 2 is 1.83 bits per heavy atom. The SMILES string of the molecule is C=C(O)c1ccc(CC(=O)[C@H](CC2CC2)c2ccc(-c3c(C(F)F)ccc(Cl)c3F)c[n+]2[O-])cc1. The van der Waals surface area contributed by atoms with Crippen molar-refractivity contribution in [1.29, 1.82) is 0 Å². The summed E-state index contributed by atoms with van der Waals surface area (Å²) in [4.78, 5) is 13.2. The van der Waals surface area contributed by atoms with Crippen molar-refractivity contribution < 1.29 is 27.8 Å². The number of halogens is 4. The Bertz CT molecular complexity index is 1270. The highest BCUT2D eigenvalue weighted by molar-refractivity contribution is 6.31. The van der Waals surface area contributed by atoms with Crippen molar-refractivity contribution in [2.24, 2.45) is 5.92 Å². The largest absolute Gasteiger partial charge is 0.618 e. The smallest absolute Gasteiger partial charge is 0.264 e. The molecular weight excluding hydrogens is 479 g/mol. The quantitative estimate of drug-likeness (QED) is 0.196. The Morgan fingerprint density at radius 3 is 2.40 bits per heavy atom. The minimum atomic E-state index is -2.96. The van der Waals surface area contributed by atoms with Crippen molar-refractivity contribution in [1.82, 2.24) is 0 Å². The molecule has 0 bridgehead atoms. The first-order chi connectivity index (χ1) is 16.7. The Labute approximate surface area is 205 Å². The van der Waals surface area contributed by atoms with Crippen molar-refractivity contribution in [3.63, 3.8) is 0 Å². The third-order valence-corrected chi connectivity index (χ3v) is 6.56. The minimum absolute atomic E-state index is 0.0449. The molecule has 0 spiro atoms. The Morgan fingerprint density at radius 1 is 1.14 bits per heavy atom. The number of hydrogen-bond acceptors (Lipinski definition) is 3. The summed E-state index contributed by atoms with van der Waals surface area (Å²) in [6.45, 7) is 3.47. The van der Waals surface area contributed by atoms with Gasteiger partial charge in [0.05, 0.1) is 10.6 Å². The molecule has 1 aliphatic carbocycles. The number of ketones is 1. The van der Waals surface area contributed by atoms with Crippen LogP contribution in [0.25, 0.3) is 16.9 Å². The van der Waals surface area contributed by atoms with Gasteiger partial charge in [0.1, 0.15) is 17.5 Å². The van der Waals surface area contributed by atoms with Crippen LogP contribution < -0.4 is 4.73 Å². The molecule has 0 radical (unpaired) electrons. The highest BCUT2D eigenvalue weighted by atomic mass is 35.5. The van der Waals surface area contributed by atoms with Gasteiger partial charge < -0.3 is 10.3 Å². The molecule has 0 amide bonds. The van der Waals surface area contributed by atoms with Crippen LogP contribution in [0.1, 0.15) is 54.0 Å². The molecule has 0 unspecified atom stereocenters. The van der Waals surface area contributed by atoms with Gasteiger partial charge in [-0.05, 0) is 30.0 Å². The van der Waals surface area contributed by atoms with E-state index in [1.165, 1.54) is 12.1 Å². The summed E-state index contributed by atoms with van der Waals surface area (Å²) in [5.41, 5.74) is 0.402. The molecule has 1 saturated carbocycles. The highest BCUT2D eigenvalue weighted by Gasteiger charge is 2.35. The average Bonchev–Trinajstić information content (AvgIpc) is 3.64. The second-order valence-corrected chi connectivity index (χ2v) is 9.22. The molecule has 1 atom stereocenters. The third kappa shape index (κ3) is 5.51. The molecule has 1 aromatic heterocycles. The summed E-state index contributed by atoms with van der Waals surface area (Å²) >= 11 is 5.80. The number of hydrogen-bond donors (Lipinski definition) is 1. The van der Waals surface area contributed by atoms with E-state index in [0.29, 0.717) is 22.6 Å². The van der Waals surface area contributed by atoms with Crippen LogP contribution in [0.2, 0.25) is 5.02 Å². The monoisotopic (exact) mass is 501 g/mol. The first-order valence-electron chi connectivity index (χ1n) is 11.1. The van der Waals surface area contributed by atoms with Crippen LogP contribution in [0.3, 0.4) is 0 Å². The molecule has 1 fully saturated rings. The van der Waals surface area contributed by atoms with Crippen molar-refractivity contribution in [2.45, 2.75) is 38.0 Å². The van der Waals surface area contributed by atoms with E-state index in [9.17, 15) is 28.3 Å². The number of carbonyl (C=O) groups excluding carboxylic acids is 1. The lowest BCUT2D eigenvalue weighted by atomic mass is 9.89. The lowest BCUT2D eigenvalue weighted by Gasteiger charge is -2.17. The van der Waals surface area contributed by atoms with Crippen molar-refractivity contribution in [2.75, 3.05) is 0 Å². The molecule has 1 N–H and O–H groups in total. The van der Waals surface area contributed by atoms with Gasteiger partial charge in [-0.1, -0.05) is 61.4 Å². The topological polar surface area (TPSA) is 64.2 Å². The number of aliphatic hydroxyl groups is 1. The zero-order chi connectivity index (χ0) is 25.3. The van der Waals surface area contributed by atoms with Gasteiger partial charge in [0.15, 0.2) is 12.0 Å². The number of aliphatic hydroxyl groups excluding tert-OH is 1. The van der Waals surface area contributed by atoms with Crippen LogP contribution >= 0.6 is 11.6 Å². The lowest BCUT2D eigenvalue weighted by molar-refractivity contribution is -0.614. The maximum absolute atomic E-state index is 14.7. The predicted octanol–water partition coefficient (Wildman–Crippen LogP) is 6.94. The van der Waals surface area contributed by atoms with Gasteiger partial charge in [-0.25, -0.2) is 13.2 Å². The molecule has 3 aromatic rings. The highest BCUT2D eigenvalue weighted by Crippen LogP contribution is 2.40. The van der Waals surface area contributed by atoms with Gasteiger partial charge in [-0.2, -0.15) is 4.73 Å². The van der Waals surface area contributed by atoms with Crippen LogP contribution in [-0.4, -0.2) is 10.9 Å². The van der Waals surface area contributed by atoms with E-state index in [-0.39, 0.29) is 34.2 Å². The first kappa shape index (κ1) is 24.8. The van der Waals surface area contributed by atoms with E-state index in [2.05, 4.69) is 6.58 Å². The van der Waals surface area contributed by atoms with E-state index >= 15 is 0 Å². The van der Waals surface area contributed by atoms with Crippen LogP contribution in [0.4, 0.5) is 13.2 Å². The van der Waals surface area contributed by atoms with Crippen LogP contribution in [-0.2, 0) is 11.2 Å². The maximum atomic E-state index is 14.7. The van der Waals surface area contributed by atoms with E-state index in [4.69, 9.17) is 11.6 Å². The molecular formula is C27H23ClF3NO3. The van der Waals surface area contributed by atoms with Crippen molar-refractivity contribution >= 4 is 23.1 Å². The van der Waals surface area contributed by atoms with E-state index in [1.807, 2.05) is 0 Å². The van der Waals surface area contributed by atoms with Gasteiger partial charge >= 0.3 is 0 Å².